The highest BCUT2D eigenvalue weighted by Gasteiger charge is 2.31. The molecule has 0 spiro atoms. The standard InChI is InChI=1S/C27H26F3N5O2/c1-27(30,16-31-26(37)19-5-2-3-7-23(19)36)14-17-15-32-35-12-10-24(33-25(17)35)34-11-4-6-22(34)20-13-18(28)8-9-21(20)29/h2-3,5,7-10,12-13,15,22,36H,4,6,11,14,16H2,1H3,(H,31,37). The van der Waals surface area contributed by atoms with Crippen LogP contribution in [0.15, 0.2) is 60.9 Å². The van der Waals surface area contributed by atoms with Gasteiger partial charge in [-0.3, -0.25) is 4.79 Å². The van der Waals surface area contributed by atoms with Gasteiger partial charge in [0, 0.05) is 30.3 Å². The zero-order chi connectivity index (χ0) is 26.2. The molecule has 37 heavy (non-hydrogen) atoms. The Hall–Kier alpha value is -4.08. The highest BCUT2D eigenvalue weighted by Crippen LogP contribution is 2.37. The number of aromatic hydroxyl groups is 1. The minimum atomic E-state index is -1.83. The summed E-state index contributed by atoms with van der Waals surface area (Å²) >= 11 is 0. The summed E-state index contributed by atoms with van der Waals surface area (Å²) in [6.07, 6.45) is 4.60. The third kappa shape index (κ3) is 5.09. The molecule has 10 heteroatoms. The van der Waals surface area contributed by atoms with E-state index in [2.05, 4.69) is 10.4 Å². The number of aromatic nitrogens is 3. The lowest BCUT2D eigenvalue weighted by atomic mass is 10.00. The van der Waals surface area contributed by atoms with Crippen LogP contribution in [0.25, 0.3) is 5.65 Å². The van der Waals surface area contributed by atoms with Crippen LogP contribution in [0.2, 0.25) is 0 Å². The van der Waals surface area contributed by atoms with Gasteiger partial charge in [0.15, 0.2) is 5.65 Å². The summed E-state index contributed by atoms with van der Waals surface area (Å²) in [6, 6.07) is 10.9. The van der Waals surface area contributed by atoms with Crippen LogP contribution < -0.4 is 10.2 Å². The number of alkyl halides is 1. The van der Waals surface area contributed by atoms with Gasteiger partial charge in [-0.05, 0) is 56.2 Å². The smallest absolute Gasteiger partial charge is 0.255 e. The Morgan fingerprint density at radius 1 is 1.22 bits per heavy atom. The van der Waals surface area contributed by atoms with Crippen molar-refractivity contribution < 1.29 is 23.1 Å². The lowest BCUT2D eigenvalue weighted by molar-refractivity contribution is 0.0908. The van der Waals surface area contributed by atoms with E-state index < -0.39 is 23.2 Å². The fourth-order valence-electron chi connectivity index (χ4n) is 4.81. The molecule has 2 N–H and O–H groups in total. The number of amides is 1. The number of rotatable bonds is 7. The molecule has 2 unspecified atom stereocenters. The molecule has 2 aromatic heterocycles. The number of nitrogens with zero attached hydrogens (tertiary/aromatic N) is 4. The van der Waals surface area contributed by atoms with Gasteiger partial charge in [-0.15, -0.1) is 0 Å². The second-order valence-electron chi connectivity index (χ2n) is 9.53. The fourth-order valence-corrected chi connectivity index (χ4v) is 4.81. The van der Waals surface area contributed by atoms with Gasteiger partial charge >= 0.3 is 0 Å². The number of hydrogen-bond donors (Lipinski definition) is 2. The summed E-state index contributed by atoms with van der Waals surface area (Å²) in [5.74, 6) is -1.16. The summed E-state index contributed by atoms with van der Waals surface area (Å²) in [4.78, 5) is 19.0. The van der Waals surface area contributed by atoms with Gasteiger partial charge in [0.2, 0.25) is 0 Å². The molecule has 0 saturated carbocycles. The monoisotopic (exact) mass is 509 g/mol. The topological polar surface area (TPSA) is 82.8 Å². The SMILES string of the molecule is CC(F)(CNC(=O)c1ccccc1O)Cc1cnn2ccc(N3CCCC3c3cc(F)ccc3F)nc12. The molecule has 1 amide bonds. The van der Waals surface area contributed by atoms with Crippen molar-refractivity contribution >= 4 is 17.4 Å². The minimum absolute atomic E-state index is 0.0653. The van der Waals surface area contributed by atoms with Gasteiger partial charge in [-0.25, -0.2) is 22.7 Å². The van der Waals surface area contributed by atoms with Gasteiger partial charge in [0.25, 0.3) is 5.91 Å². The minimum Gasteiger partial charge on any atom is -0.507 e. The molecule has 1 fully saturated rings. The number of nitrogens with one attached hydrogen (secondary N) is 1. The predicted molar refractivity (Wildman–Crippen MR) is 132 cm³/mol. The molecule has 7 nitrogen and oxygen atoms in total. The molecular weight excluding hydrogens is 483 g/mol. The second-order valence-corrected chi connectivity index (χ2v) is 9.53. The number of hydrogen-bond acceptors (Lipinski definition) is 5. The molecule has 2 aromatic carbocycles. The van der Waals surface area contributed by atoms with Gasteiger partial charge in [0.05, 0.1) is 24.3 Å². The van der Waals surface area contributed by atoms with Crippen molar-refractivity contribution in [3.8, 4) is 5.75 Å². The average Bonchev–Trinajstić information content (AvgIpc) is 3.51. The number of carbonyl (C=O) groups is 1. The van der Waals surface area contributed by atoms with E-state index in [1.165, 1.54) is 35.8 Å². The number of anilines is 1. The Morgan fingerprint density at radius 2 is 2.03 bits per heavy atom. The molecule has 4 aromatic rings. The van der Waals surface area contributed by atoms with Crippen molar-refractivity contribution in [3.63, 3.8) is 0 Å². The molecule has 2 atom stereocenters. The Bertz CT molecular complexity index is 1460. The normalized spacial score (nSPS) is 17.2. The molecule has 192 valence electrons. The van der Waals surface area contributed by atoms with E-state index in [1.807, 2.05) is 4.90 Å². The van der Waals surface area contributed by atoms with E-state index in [4.69, 9.17) is 4.98 Å². The zero-order valence-electron chi connectivity index (χ0n) is 20.2. The maximum Gasteiger partial charge on any atom is 0.255 e. The quantitative estimate of drug-likeness (QED) is 0.376. The van der Waals surface area contributed by atoms with Gasteiger partial charge < -0.3 is 15.3 Å². The Morgan fingerprint density at radius 3 is 2.84 bits per heavy atom. The molecule has 0 radical (unpaired) electrons. The van der Waals surface area contributed by atoms with Crippen LogP contribution in [0, 0.1) is 11.6 Å². The van der Waals surface area contributed by atoms with Gasteiger partial charge in [0.1, 0.15) is 28.9 Å². The predicted octanol–water partition coefficient (Wildman–Crippen LogP) is 4.76. The van der Waals surface area contributed by atoms with Crippen molar-refractivity contribution in [1.29, 1.82) is 0 Å². The van der Waals surface area contributed by atoms with Crippen molar-refractivity contribution in [1.82, 2.24) is 19.9 Å². The molecular formula is C27H26F3N5O2. The molecule has 1 aliphatic rings. The summed E-state index contributed by atoms with van der Waals surface area (Å²) in [6.45, 7) is 1.70. The first-order valence-electron chi connectivity index (χ1n) is 12.0. The molecule has 0 bridgehead atoms. The lowest BCUT2D eigenvalue weighted by Crippen LogP contribution is -2.39. The first kappa shape index (κ1) is 24.6. The maximum atomic E-state index is 15.5. The highest BCUT2D eigenvalue weighted by molar-refractivity contribution is 5.96. The zero-order valence-corrected chi connectivity index (χ0v) is 20.2. The number of phenols is 1. The first-order chi connectivity index (χ1) is 17.7. The van der Waals surface area contributed by atoms with E-state index in [0.29, 0.717) is 30.0 Å². The lowest BCUT2D eigenvalue weighted by Gasteiger charge is -2.26. The summed E-state index contributed by atoms with van der Waals surface area (Å²) in [7, 11) is 0. The van der Waals surface area contributed by atoms with Crippen molar-refractivity contribution in [3.05, 3.63) is 89.2 Å². The Kier molecular flexibility index (Phi) is 6.49. The summed E-state index contributed by atoms with van der Waals surface area (Å²) in [5, 5.41) is 16.7. The number of phenolic OH excluding ortho intramolecular Hbond substituents is 1. The van der Waals surface area contributed by atoms with Crippen LogP contribution in [0.5, 0.6) is 5.75 Å². The summed E-state index contributed by atoms with van der Waals surface area (Å²) < 4.78 is 45.4. The van der Waals surface area contributed by atoms with E-state index >= 15 is 4.39 Å². The van der Waals surface area contributed by atoms with Gasteiger partial charge in [-0.1, -0.05) is 12.1 Å². The first-order valence-corrected chi connectivity index (χ1v) is 12.0. The summed E-state index contributed by atoms with van der Waals surface area (Å²) in [5.41, 5.74) is -0.502. The molecule has 5 rings (SSSR count). The highest BCUT2D eigenvalue weighted by atomic mass is 19.1. The van der Waals surface area contributed by atoms with Crippen molar-refractivity contribution in [2.75, 3.05) is 18.0 Å². The number of halogens is 3. The van der Waals surface area contributed by atoms with E-state index in [1.54, 1.807) is 24.4 Å². The van der Waals surface area contributed by atoms with Crippen LogP contribution in [-0.4, -0.2) is 44.4 Å². The number of carbonyl (C=O) groups excluding carboxylic acids is 1. The van der Waals surface area contributed by atoms with E-state index in [0.717, 1.165) is 18.6 Å². The number of benzene rings is 2. The largest absolute Gasteiger partial charge is 0.507 e. The average molecular weight is 510 g/mol. The van der Waals surface area contributed by atoms with Crippen LogP contribution in [0.1, 0.15) is 47.3 Å². The van der Waals surface area contributed by atoms with Crippen molar-refractivity contribution in [2.24, 2.45) is 0 Å². The third-order valence-corrected chi connectivity index (χ3v) is 6.62. The van der Waals surface area contributed by atoms with Crippen LogP contribution in [-0.2, 0) is 6.42 Å². The Balaban J connectivity index is 1.35. The van der Waals surface area contributed by atoms with Crippen LogP contribution >= 0.6 is 0 Å². The number of fused-ring (bicyclic) bond motifs is 1. The van der Waals surface area contributed by atoms with Crippen LogP contribution in [0.3, 0.4) is 0 Å². The van der Waals surface area contributed by atoms with Crippen molar-refractivity contribution in [2.45, 2.75) is 37.9 Å². The van der Waals surface area contributed by atoms with Crippen LogP contribution in [0.4, 0.5) is 19.0 Å². The maximum absolute atomic E-state index is 15.5. The van der Waals surface area contributed by atoms with E-state index in [9.17, 15) is 18.7 Å². The third-order valence-electron chi connectivity index (χ3n) is 6.62. The van der Waals surface area contributed by atoms with E-state index in [-0.39, 0.29) is 35.9 Å². The fraction of sp³-hybridized carbons (Fsp3) is 0.296. The molecule has 0 aliphatic carbocycles. The van der Waals surface area contributed by atoms with Gasteiger partial charge in [-0.2, -0.15) is 5.10 Å². The second kappa shape index (κ2) is 9.76. The molecule has 3 heterocycles. The molecule has 1 saturated heterocycles. The number of para-hydroxylation sites is 1. The Labute approximate surface area is 211 Å². The molecule has 1 aliphatic heterocycles.